The molecule has 0 spiro atoms. The Kier molecular flexibility index (Phi) is 5.61. The van der Waals surface area contributed by atoms with E-state index in [1.54, 1.807) is 0 Å². The van der Waals surface area contributed by atoms with Crippen molar-refractivity contribution >= 4 is 10.0 Å². The zero-order valence-corrected chi connectivity index (χ0v) is 10.9. The minimum atomic E-state index is -3.34. The van der Waals surface area contributed by atoms with Crippen molar-refractivity contribution in [2.45, 2.75) is 19.3 Å². The van der Waals surface area contributed by atoms with Gasteiger partial charge < -0.3 is 5.32 Å². The molecule has 5 heteroatoms. The maximum absolute atomic E-state index is 10.7. The zero-order valence-electron chi connectivity index (χ0n) is 10.1. The molecule has 0 fully saturated rings. The van der Waals surface area contributed by atoms with Crippen LogP contribution in [-0.2, 0) is 10.0 Å². The largest absolute Gasteiger partial charge is 0.316 e. The standard InChI is InChI=1S/C12H20N2O2S/c1-11(12-5-3-2-4-6-12)7-8-14-9-10-17(13,15)16/h2-6,11,14H,7-10H2,1H3,(H2,13,15,16). The lowest BCUT2D eigenvalue weighted by molar-refractivity contribution is 0.583. The monoisotopic (exact) mass is 256 g/mol. The van der Waals surface area contributed by atoms with E-state index in [0.29, 0.717) is 12.5 Å². The molecule has 96 valence electrons. The Hall–Kier alpha value is -0.910. The summed E-state index contributed by atoms with van der Waals surface area (Å²) in [5.74, 6) is 0.463. The Labute approximate surface area is 103 Å². The zero-order chi connectivity index (χ0) is 12.7. The second kappa shape index (κ2) is 6.74. The molecule has 1 rings (SSSR count). The molecule has 0 saturated carbocycles. The Bertz CT molecular complexity index is 417. The maximum atomic E-state index is 10.7. The maximum Gasteiger partial charge on any atom is 0.210 e. The number of nitrogens with two attached hydrogens (primary N) is 1. The fourth-order valence-electron chi connectivity index (χ4n) is 1.61. The fraction of sp³-hybridized carbons (Fsp3) is 0.500. The molecule has 0 aliphatic carbocycles. The molecule has 0 aliphatic rings. The highest BCUT2D eigenvalue weighted by Gasteiger charge is 2.05. The lowest BCUT2D eigenvalue weighted by Gasteiger charge is -2.12. The SMILES string of the molecule is CC(CCNCCS(N)(=O)=O)c1ccccc1. The number of nitrogens with one attached hydrogen (secondary N) is 1. The van der Waals surface area contributed by atoms with Gasteiger partial charge in [-0.2, -0.15) is 0 Å². The van der Waals surface area contributed by atoms with Crippen LogP contribution >= 0.6 is 0 Å². The molecule has 17 heavy (non-hydrogen) atoms. The van der Waals surface area contributed by atoms with Gasteiger partial charge in [-0.1, -0.05) is 37.3 Å². The van der Waals surface area contributed by atoms with E-state index in [4.69, 9.17) is 5.14 Å². The average Bonchev–Trinajstić information content (AvgIpc) is 2.28. The molecule has 1 unspecified atom stereocenters. The first kappa shape index (κ1) is 14.2. The van der Waals surface area contributed by atoms with Gasteiger partial charge in [0, 0.05) is 6.54 Å². The van der Waals surface area contributed by atoms with Gasteiger partial charge >= 0.3 is 0 Å². The highest BCUT2D eigenvalue weighted by atomic mass is 32.2. The van der Waals surface area contributed by atoms with Gasteiger partial charge in [-0.05, 0) is 24.4 Å². The van der Waals surface area contributed by atoms with Crippen LogP contribution in [0.3, 0.4) is 0 Å². The summed E-state index contributed by atoms with van der Waals surface area (Å²) in [6.45, 7) is 3.38. The molecule has 3 N–H and O–H groups in total. The van der Waals surface area contributed by atoms with Gasteiger partial charge in [-0.3, -0.25) is 0 Å². The molecule has 0 heterocycles. The predicted molar refractivity (Wildman–Crippen MR) is 70.3 cm³/mol. The highest BCUT2D eigenvalue weighted by Crippen LogP contribution is 2.17. The molecule has 4 nitrogen and oxygen atoms in total. The average molecular weight is 256 g/mol. The van der Waals surface area contributed by atoms with E-state index in [0.717, 1.165) is 13.0 Å². The summed E-state index contributed by atoms with van der Waals surface area (Å²) < 4.78 is 21.4. The Balaban J connectivity index is 2.19. The number of benzene rings is 1. The van der Waals surface area contributed by atoms with Gasteiger partial charge in [0.25, 0.3) is 0 Å². The lowest BCUT2D eigenvalue weighted by Crippen LogP contribution is -2.28. The molecular weight excluding hydrogens is 236 g/mol. The summed E-state index contributed by atoms with van der Waals surface area (Å²) in [5, 5.41) is 7.98. The van der Waals surface area contributed by atoms with E-state index in [1.165, 1.54) is 5.56 Å². The lowest BCUT2D eigenvalue weighted by atomic mass is 9.98. The molecule has 0 aliphatic heterocycles. The molecule has 0 radical (unpaired) electrons. The number of sulfonamides is 1. The first-order valence-electron chi connectivity index (χ1n) is 5.75. The van der Waals surface area contributed by atoms with Gasteiger partial charge in [0.05, 0.1) is 5.75 Å². The number of hydrogen-bond acceptors (Lipinski definition) is 3. The summed E-state index contributed by atoms with van der Waals surface area (Å²) >= 11 is 0. The van der Waals surface area contributed by atoms with Crippen molar-refractivity contribution < 1.29 is 8.42 Å². The number of hydrogen-bond donors (Lipinski definition) is 2. The quantitative estimate of drug-likeness (QED) is 0.716. The minimum absolute atomic E-state index is 0.00722. The van der Waals surface area contributed by atoms with Crippen LogP contribution in [0.1, 0.15) is 24.8 Å². The summed E-state index contributed by atoms with van der Waals surface area (Å²) in [4.78, 5) is 0. The summed E-state index contributed by atoms with van der Waals surface area (Å²) in [6, 6.07) is 10.3. The van der Waals surface area contributed by atoms with Crippen LogP contribution in [-0.4, -0.2) is 27.3 Å². The Morgan fingerprint density at radius 1 is 1.24 bits per heavy atom. The van der Waals surface area contributed by atoms with Gasteiger partial charge in [0.2, 0.25) is 10.0 Å². The first-order chi connectivity index (χ1) is 7.99. The van der Waals surface area contributed by atoms with Crippen molar-refractivity contribution in [3.63, 3.8) is 0 Å². The van der Waals surface area contributed by atoms with Crippen molar-refractivity contribution in [1.82, 2.24) is 5.32 Å². The number of primary sulfonamides is 1. The second-order valence-corrected chi connectivity index (χ2v) is 5.95. The second-order valence-electron chi connectivity index (χ2n) is 4.22. The van der Waals surface area contributed by atoms with Gasteiger partial charge in [0.1, 0.15) is 0 Å². The minimum Gasteiger partial charge on any atom is -0.316 e. The van der Waals surface area contributed by atoms with Gasteiger partial charge in [-0.25, -0.2) is 13.6 Å². The van der Waals surface area contributed by atoms with Gasteiger partial charge in [0.15, 0.2) is 0 Å². The van der Waals surface area contributed by atoms with E-state index in [-0.39, 0.29) is 5.75 Å². The van der Waals surface area contributed by atoms with Crippen LogP contribution in [0.25, 0.3) is 0 Å². The van der Waals surface area contributed by atoms with E-state index >= 15 is 0 Å². The van der Waals surface area contributed by atoms with Crippen molar-refractivity contribution in [2.75, 3.05) is 18.8 Å². The molecule has 0 saturated heterocycles. The van der Waals surface area contributed by atoms with Crippen molar-refractivity contribution in [1.29, 1.82) is 0 Å². The third kappa shape index (κ3) is 6.41. The highest BCUT2D eigenvalue weighted by molar-refractivity contribution is 7.89. The molecule has 0 aromatic heterocycles. The number of rotatable bonds is 7. The molecular formula is C12H20N2O2S. The molecule has 1 aromatic carbocycles. The summed E-state index contributed by atoms with van der Waals surface area (Å²) in [7, 11) is -3.34. The first-order valence-corrected chi connectivity index (χ1v) is 7.47. The van der Waals surface area contributed by atoms with Crippen LogP contribution < -0.4 is 10.5 Å². The van der Waals surface area contributed by atoms with Crippen molar-refractivity contribution in [3.05, 3.63) is 35.9 Å². The smallest absolute Gasteiger partial charge is 0.210 e. The third-order valence-electron chi connectivity index (χ3n) is 2.69. The van der Waals surface area contributed by atoms with Crippen LogP contribution in [0, 0.1) is 0 Å². The van der Waals surface area contributed by atoms with Crippen LogP contribution in [0.4, 0.5) is 0 Å². The molecule has 1 atom stereocenters. The Morgan fingerprint density at radius 3 is 2.47 bits per heavy atom. The normalized spacial score (nSPS) is 13.5. The van der Waals surface area contributed by atoms with Gasteiger partial charge in [-0.15, -0.1) is 0 Å². The molecule has 0 amide bonds. The van der Waals surface area contributed by atoms with Crippen LogP contribution in [0.5, 0.6) is 0 Å². The fourth-order valence-corrected chi connectivity index (χ4v) is 2.04. The van der Waals surface area contributed by atoms with E-state index in [2.05, 4.69) is 24.4 Å². The predicted octanol–water partition coefficient (Wildman–Crippen LogP) is 1.06. The molecule has 0 bridgehead atoms. The van der Waals surface area contributed by atoms with Crippen molar-refractivity contribution in [3.8, 4) is 0 Å². The van der Waals surface area contributed by atoms with Crippen LogP contribution in [0.2, 0.25) is 0 Å². The van der Waals surface area contributed by atoms with Crippen LogP contribution in [0.15, 0.2) is 30.3 Å². The third-order valence-corrected chi connectivity index (χ3v) is 3.46. The van der Waals surface area contributed by atoms with E-state index < -0.39 is 10.0 Å². The summed E-state index contributed by atoms with van der Waals surface area (Å²) in [6.07, 6.45) is 0.981. The summed E-state index contributed by atoms with van der Waals surface area (Å²) in [5.41, 5.74) is 1.31. The molecule has 1 aromatic rings. The Morgan fingerprint density at radius 2 is 1.88 bits per heavy atom. The van der Waals surface area contributed by atoms with Crippen molar-refractivity contribution in [2.24, 2.45) is 5.14 Å². The van der Waals surface area contributed by atoms with E-state index in [9.17, 15) is 8.42 Å². The van der Waals surface area contributed by atoms with E-state index in [1.807, 2.05) is 18.2 Å². The topological polar surface area (TPSA) is 72.2 Å².